The molecular formula is C17H23FN2O3. The van der Waals surface area contributed by atoms with Crippen LogP contribution >= 0.6 is 0 Å². The summed E-state index contributed by atoms with van der Waals surface area (Å²) in [5.74, 6) is -1.28. The van der Waals surface area contributed by atoms with Crippen molar-refractivity contribution >= 4 is 11.9 Å². The number of halogens is 1. The molecule has 2 atom stereocenters. The van der Waals surface area contributed by atoms with E-state index in [1.54, 1.807) is 21.9 Å². The first-order chi connectivity index (χ1) is 10.9. The molecule has 0 aromatic heterocycles. The van der Waals surface area contributed by atoms with E-state index in [0.29, 0.717) is 19.5 Å². The number of aliphatic carboxylic acids is 1. The molecule has 1 aromatic carbocycles. The van der Waals surface area contributed by atoms with E-state index in [1.165, 1.54) is 12.1 Å². The zero-order chi connectivity index (χ0) is 17.0. The van der Waals surface area contributed by atoms with Crippen molar-refractivity contribution in [2.24, 2.45) is 0 Å². The van der Waals surface area contributed by atoms with Crippen LogP contribution in [0.5, 0.6) is 0 Å². The van der Waals surface area contributed by atoms with Crippen LogP contribution < -0.4 is 0 Å². The van der Waals surface area contributed by atoms with Gasteiger partial charge in [-0.25, -0.2) is 4.39 Å². The standard InChI is InChI=1S/C17H23FN2O3/c1-3-20(12(2)13-6-8-14(18)9-7-13)16(21)11-19-10-4-5-15(19)17(22)23/h6-9,12,15H,3-5,10-11H2,1-2H3,(H,22,23)/t12-,15+/m0/s1. The van der Waals surface area contributed by atoms with Crippen LogP contribution in [0.3, 0.4) is 0 Å². The summed E-state index contributed by atoms with van der Waals surface area (Å²) in [5.41, 5.74) is 0.859. The van der Waals surface area contributed by atoms with Gasteiger partial charge in [0.1, 0.15) is 11.9 Å². The van der Waals surface area contributed by atoms with Crippen LogP contribution in [0, 0.1) is 5.82 Å². The minimum Gasteiger partial charge on any atom is -0.480 e. The Morgan fingerprint density at radius 2 is 2.04 bits per heavy atom. The Bertz CT molecular complexity index is 561. The molecule has 0 spiro atoms. The number of carboxylic acid groups (broad SMARTS) is 1. The number of likely N-dealkylation sites (N-methyl/N-ethyl adjacent to an activating group) is 1. The number of rotatable bonds is 6. The number of hydrogen-bond donors (Lipinski definition) is 1. The number of benzene rings is 1. The summed E-state index contributed by atoms with van der Waals surface area (Å²) in [4.78, 5) is 27.2. The predicted molar refractivity (Wildman–Crippen MR) is 84.4 cm³/mol. The van der Waals surface area contributed by atoms with E-state index in [9.17, 15) is 19.1 Å². The molecule has 1 fully saturated rings. The number of likely N-dealkylation sites (tertiary alicyclic amines) is 1. The second-order valence-corrected chi connectivity index (χ2v) is 5.87. The normalized spacial score (nSPS) is 19.5. The van der Waals surface area contributed by atoms with Gasteiger partial charge in [0.2, 0.25) is 5.91 Å². The largest absolute Gasteiger partial charge is 0.480 e. The summed E-state index contributed by atoms with van der Waals surface area (Å²) in [6.07, 6.45) is 1.38. The highest BCUT2D eigenvalue weighted by Gasteiger charge is 2.33. The fourth-order valence-corrected chi connectivity index (χ4v) is 3.15. The van der Waals surface area contributed by atoms with Crippen molar-refractivity contribution in [1.29, 1.82) is 0 Å². The molecule has 0 radical (unpaired) electrons. The van der Waals surface area contributed by atoms with Gasteiger partial charge in [-0.05, 0) is 50.9 Å². The average Bonchev–Trinajstić information content (AvgIpc) is 2.96. The second-order valence-electron chi connectivity index (χ2n) is 5.87. The fraction of sp³-hybridized carbons (Fsp3) is 0.529. The van der Waals surface area contributed by atoms with Crippen LogP contribution in [-0.2, 0) is 9.59 Å². The molecule has 1 saturated heterocycles. The van der Waals surface area contributed by atoms with Crippen LogP contribution in [-0.4, -0.2) is 52.5 Å². The van der Waals surface area contributed by atoms with Gasteiger partial charge in [-0.2, -0.15) is 0 Å². The summed E-state index contributed by atoms with van der Waals surface area (Å²) < 4.78 is 13.0. The maximum Gasteiger partial charge on any atom is 0.320 e. The molecule has 0 aliphatic carbocycles. The van der Waals surface area contributed by atoms with Gasteiger partial charge >= 0.3 is 5.97 Å². The van der Waals surface area contributed by atoms with Crippen molar-refractivity contribution in [3.8, 4) is 0 Å². The lowest BCUT2D eigenvalue weighted by Gasteiger charge is -2.31. The van der Waals surface area contributed by atoms with Crippen molar-refractivity contribution in [2.75, 3.05) is 19.6 Å². The number of hydrogen-bond acceptors (Lipinski definition) is 3. The Balaban J connectivity index is 2.06. The predicted octanol–water partition coefficient (Wildman–Crippen LogP) is 2.28. The number of carbonyl (C=O) groups excluding carboxylic acids is 1. The van der Waals surface area contributed by atoms with E-state index >= 15 is 0 Å². The Kier molecular flexibility index (Phi) is 5.71. The van der Waals surface area contributed by atoms with Gasteiger partial charge < -0.3 is 10.0 Å². The molecule has 126 valence electrons. The highest BCUT2D eigenvalue weighted by molar-refractivity contribution is 5.80. The van der Waals surface area contributed by atoms with Crippen LogP contribution in [0.25, 0.3) is 0 Å². The Labute approximate surface area is 135 Å². The van der Waals surface area contributed by atoms with Crippen molar-refractivity contribution in [1.82, 2.24) is 9.80 Å². The minimum absolute atomic E-state index is 0.0996. The first kappa shape index (κ1) is 17.4. The monoisotopic (exact) mass is 322 g/mol. The Morgan fingerprint density at radius 1 is 1.39 bits per heavy atom. The summed E-state index contributed by atoms with van der Waals surface area (Å²) in [5, 5.41) is 9.20. The van der Waals surface area contributed by atoms with Gasteiger partial charge in [0, 0.05) is 6.54 Å². The fourth-order valence-electron chi connectivity index (χ4n) is 3.15. The SMILES string of the molecule is CCN(C(=O)CN1CCC[C@@H]1C(=O)O)[C@@H](C)c1ccc(F)cc1. The molecule has 1 aliphatic rings. The molecule has 0 bridgehead atoms. The molecule has 1 N–H and O–H groups in total. The molecule has 1 aliphatic heterocycles. The lowest BCUT2D eigenvalue weighted by atomic mass is 10.1. The zero-order valence-corrected chi connectivity index (χ0v) is 13.5. The van der Waals surface area contributed by atoms with Gasteiger partial charge in [0.15, 0.2) is 0 Å². The van der Waals surface area contributed by atoms with Gasteiger partial charge in [0.05, 0.1) is 12.6 Å². The third-order valence-electron chi connectivity index (χ3n) is 4.47. The summed E-state index contributed by atoms with van der Waals surface area (Å²) >= 11 is 0. The Morgan fingerprint density at radius 3 is 2.61 bits per heavy atom. The highest BCUT2D eigenvalue weighted by Crippen LogP contribution is 2.22. The van der Waals surface area contributed by atoms with E-state index in [2.05, 4.69) is 0 Å². The summed E-state index contributed by atoms with van der Waals surface area (Å²) in [6.45, 7) is 5.04. The quantitative estimate of drug-likeness (QED) is 0.873. The second kappa shape index (κ2) is 7.55. The third-order valence-corrected chi connectivity index (χ3v) is 4.47. The van der Waals surface area contributed by atoms with Gasteiger partial charge in [0.25, 0.3) is 0 Å². The molecule has 0 saturated carbocycles. The molecule has 2 rings (SSSR count). The van der Waals surface area contributed by atoms with Crippen LogP contribution in [0.4, 0.5) is 4.39 Å². The van der Waals surface area contributed by atoms with Crippen molar-refractivity contribution in [3.63, 3.8) is 0 Å². The smallest absolute Gasteiger partial charge is 0.320 e. The summed E-state index contributed by atoms with van der Waals surface area (Å²) in [7, 11) is 0. The zero-order valence-electron chi connectivity index (χ0n) is 13.5. The summed E-state index contributed by atoms with van der Waals surface area (Å²) in [6, 6.07) is 5.35. The average molecular weight is 322 g/mol. The first-order valence-corrected chi connectivity index (χ1v) is 7.95. The first-order valence-electron chi connectivity index (χ1n) is 7.95. The number of amides is 1. The molecular weight excluding hydrogens is 299 g/mol. The van der Waals surface area contributed by atoms with Crippen LogP contribution in [0.1, 0.15) is 38.3 Å². The molecule has 6 heteroatoms. The van der Waals surface area contributed by atoms with E-state index in [0.717, 1.165) is 12.0 Å². The van der Waals surface area contributed by atoms with Crippen LogP contribution in [0.15, 0.2) is 24.3 Å². The van der Waals surface area contributed by atoms with Crippen molar-refractivity contribution in [2.45, 2.75) is 38.8 Å². The minimum atomic E-state index is -0.870. The van der Waals surface area contributed by atoms with Gasteiger partial charge in [-0.1, -0.05) is 12.1 Å². The molecule has 1 amide bonds. The Hall–Kier alpha value is -1.95. The number of nitrogens with zero attached hydrogens (tertiary/aromatic N) is 2. The van der Waals surface area contributed by atoms with E-state index < -0.39 is 12.0 Å². The maximum atomic E-state index is 13.0. The topological polar surface area (TPSA) is 60.9 Å². The highest BCUT2D eigenvalue weighted by atomic mass is 19.1. The van der Waals surface area contributed by atoms with E-state index in [-0.39, 0.29) is 24.3 Å². The van der Waals surface area contributed by atoms with E-state index in [1.807, 2.05) is 13.8 Å². The third kappa shape index (κ3) is 4.07. The number of carboxylic acids is 1. The molecule has 5 nitrogen and oxygen atoms in total. The van der Waals surface area contributed by atoms with Crippen molar-refractivity contribution in [3.05, 3.63) is 35.6 Å². The molecule has 1 aromatic rings. The van der Waals surface area contributed by atoms with Crippen LogP contribution in [0.2, 0.25) is 0 Å². The molecule has 0 unspecified atom stereocenters. The molecule has 23 heavy (non-hydrogen) atoms. The lowest BCUT2D eigenvalue weighted by Crippen LogP contribution is -2.45. The van der Waals surface area contributed by atoms with Crippen molar-refractivity contribution < 1.29 is 19.1 Å². The lowest BCUT2D eigenvalue weighted by molar-refractivity contribution is -0.143. The molecule has 1 heterocycles. The van der Waals surface area contributed by atoms with E-state index in [4.69, 9.17) is 0 Å². The van der Waals surface area contributed by atoms with Gasteiger partial charge in [-0.3, -0.25) is 14.5 Å². The number of carbonyl (C=O) groups is 2. The maximum absolute atomic E-state index is 13.0. The van der Waals surface area contributed by atoms with Gasteiger partial charge in [-0.15, -0.1) is 0 Å².